The van der Waals surface area contributed by atoms with Crippen LogP contribution in [0, 0.1) is 23.2 Å². The summed E-state index contributed by atoms with van der Waals surface area (Å²) in [5.74, 6) is 1.90. The van der Waals surface area contributed by atoms with E-state index in [0.717, 1.165) is 24.7 Å². The lowest BCUT2D eigenvalue weighted by Gasteiger charge is -2.34. The third kappa shape index (κ3) is 0.945. The molecule has 0 aromatic rings. The molecule has 1 spiro atoms. The molecular weight excluding hydrogens is 176 g/mol. The van der Waals surface area contributed by atoms with Crippen molar-refractivity contribution in [2.24, 2.45) is 23.2 Å². The molecule has 1 heterocycles. The van der Waals surface area contributed by atoms with E-state index in [1.807, 2.05) is 0 Å². The van der Waals surface area contributed by atoms with Gasteiger partial charge in [0.15, 0.2) is 0 Å². The predicted molar refractivity (Wildman–Crippen MR) is 52.6 cm³/mol. The molecule has 0 amide bonds. The molecule has 0 radical (unpaired) electrons. The van der Waals surface area contributed by atoms with Crippen LogP contribution in [0.15, 0.2) is 0 Å². The largest absolute Gasteiger partial charge is 0.462 e. The lowest BCUT2D eigenvalue weighted by atomic mass is 9.73. The van der Waals surface area contributed by atoms with E-state index in [4.69, 9.17) is 4.74 Å². The van der Waals surface area contributed by atoms with Gasteiger partial charge in [0.2, 0.25) is 0 Å². The van der Waals surface area contributed by atoms with Crippen molar-refractivity contribution in [1.82, 2.24) is 0 Å². The fourth-order valence-corrected chi connectivity index (χ4v) is 3.51. The van der Waals surface area contributed by atoms with Gasteiger partial charge >= 0.3 is 5.97 Å². The van der Waals surface area contributed by atoms with Gasteiger partial charge in [-0.2, -0.15) is 0 Å². The molecule has 2 nitrogen and oxygen atoms in total. The maximum Gasteiger partial charge on any atom is 0.309 e. The van der Waals surface area contributed by atoms with E-state index >= 15 is 0 Å². The van der Waals surface area contributed by atoms with E-state index in [9.17, 15) is 4.79 Å². The Morgan fingerprint density at radius 2 is 2.29 bits per heavy atom. The molecule has 3 rings (SSSR count). The van der Waals surface area contributed by atoms with Crippen molar-refractivity contribution < 1.29 is 9.53 Å². The second-order valence-corrected chi connectivity index (χ2v) is 5.69. The molecule has 0 N–H and O–H groups in total. The molecule has 4 atom stereocenters. The Hall–Kier alpha value is -0.530. The van der Waals surface area contributed by atoms with Crippen LogP contribution in [-0.4, -0.2) is 12.1 Å². The Balaban J connectivity index is 1.77. The lowest BCUT2D eigenvalue weighted by molar-refractivity contribution is -0.147. The molecule has 1 saturated heterocycles. The van der Waals surface area contributed by atoms with Crippen molar-refractivity contribution in [3.63, 3.8) is 0 Å². The minimum Gasteiger partial charge on any atom is -0.462 e. The smallest absolute Gasteiger partial charge is 0.309 e. The number of hydrogen-bond donors (Lipinski definition) is 0. The monoisotopic (exact) mass is 194 g/mol. The van der Waals surface area contributed by atoms with Crippen LogP contribution in [0.1, 0.15) is 39.5 Å². The summed E-state index contributed by atoms with van der Waals surface area (Å²) in [4.78, 5) is 11.4. The third-order valence-electron chi connectivity index (χ3n) is 4.74. The topological polar surface area (TPSA) is 26.3 Å². The molecule has 78 valence electrons. The Bertz CT molecular complexity index is 284. The van der Waals surface area contributed by atoms with E-state index in [2.05, 4.69) is 13.8 Å². The first-order chi connectivity index (χ1) is 6.63. The zero-order valence-corrected chi connectivity index (χ0v) is 8.95. The number of carbonyl (C=O) groups is 1. The zero-order valence-electron chi connectivity index (χ0n) is 8.95. The van der Waals surface area contributed by atoms with Crippen molar-refractivity contribution in [2.75, 3.05) is 0 Å². The van der Waals surface area contributed by atoms with Gasteiger partial charge in [-0.3, -0.25) is 4.79 Å². The highest BCUT2D eigenvalue weighted by Crippen LogP contribution is 2.67. The first-order valence-corrected chi connectivity index (χ1v) is 5.84. The Morgan fingerprint density at radius 1 is 1.50 bits per heavy atom. The van der Waals surface area contributed by atoms with Gasteiger partial charge in [-0.15, -0.1) is 0 Å². The third-order valence-corrected chi connectivity index (χ3v) is 4.74. The van der Waals surface area contributed by atoms with Crippen molar-refractivity contribution >= 4 is 5.97 Å². The van der Waals surface area contributed by atoms with Gasteiger partial charge in [0.1, 0.15) is 6.10 Å². The van der Waals surface area contributed by atoms with Crippen LogP contribution in [0.5, 0.6) is 0 Å². The molecule has 2 aliphatic carbocycles. The summed E-state index contributed by atoms with van der Waals surface area (Å²) in [5.41, 5.74) is 0.322. The Kier molecular flexibility index (Phi) is 1.58. The second-order valence-electron chi connectivity index (χ2n) is 5.69. The van der Waals surface area contributed by atoms with Crippen molar-refractivity contribution in [3.05, 3.63) is 0 Å². The van der Waals surface area contributed by atoms with Gasteiger partial charge in [-0.1, -0.05) is 13.8 Å². The second kappa shape index (κ2) is 2.53. The average Bonchev–Trinajstić information content (AvgIpc) is 2.78. The minimum absolute atomic E-state index is 0.0967. The van der Waals surface area contributed by atoms with Gasteiger partial charge in [-0.05, 0) is 37.5 Å². The van der Waals surface area contributed by atoms with Gasteiger partial charge in [0.25, 0.3) is 0 Å². The molecule has 2 heteroatoms. The number of rotatable bonds is 1. The molecule has 1 aliphatic heterocycles. The Morgan fingerprint density at radius 3 is 2.93 bits per heavy atom. The normalized spacial score (nSPS) is 49.9. The highest BCUT2D eigenvalue weighted by molar-refractivity contribution is 5.80. The number of hydrogen-bond acceptors (Lipinski definition) is 2. The van der Waals surface area contributed by atoms with Crippen molar-refractivity contribution in [1.29, 1.82) is 0 Å². The van der Waals surface area contributed by atoms with Gasteiger partial charge < -0.3 is 4.74 Å². The molecule has 0 unspecified atom stereocenters. The minimum atomic E-state index is 0.0967. The SMILES string of the molecule is CC(C)[C@H]1CC[C@]23C[C@H]2C(=O)O[C@H]3C1. The van der Waals surface area contributed by atoms with Crippen LogP contribution < -0.4 is 0 Å². The molecule has 0 bridgehead atoms. The fourth-order valence-electron chi connectivity index (χ4n) is 3.51. The molecule has 3 fully saturated rings. The van der Waals surface area contributed by atoms with Gasteiger partial charge in [-0.25, -0.2) is 0 Å². The average molecular weight is 194 g/mol. The summed E-state index contributed by atoms with van der Waals surface area (Å²) in [6, 6.07) is 0. The number of esters is 1. The van der Waals surface area contributed by atoms with Crippen LogP contribution in [0.4, 0.5) is 0 Å². The summed E-state index contributed by atoms with van der Waals surface area (Å²) < 4.78 is 5.46. The predicted octanol–water partition coefficient (Wildman–Crippen LogP) is 2.37. The van der Waals surface area contributed by atoms with E-state index in [0.29, 0.717) is 11.3 Å². The highest BCUT2D eigenvalue weighted by atomic mass is 16.6. The summed E-state index contributed by atoms with van der Waals surface area (Å²) >= 11 is 0. The summed E-state index contributed by atoms with van der Waals surface area (Å²) in [7, 11) is 0. The first-order valence-electron chi connectivity index (χ1n) is 5.84. The first kappa shape index (κ1) is 8.75. The number of ether oxygens (including phenoxy) is 1. The number of carbonyl (C=O) groups excluding carboxylic acids is 1. The highest BCUT2D eigenvalue weighted by Gasteiger charge is 2.70. The lowest BCUT2D eigenvalue weighted by Crippen LogP contribution is -2.32. The van der Waals surface area contributed by atoms with Crippen molar-refractivity contribution in [2.45, 2.75) is 45.6 Å². The molecule has 14 heavy (non-hydrogen) atoms. The fraction of sp³-hybridized carbons (Fsp3) is 0.917. The molecular formula is C12H18O2. The molecule has 2 saturated carbocycles. The van der Waals surface area contributed by atoms with E-state index in [-0.39, 0.29) is 12.1 Å². The summed E-state index contributed by atoms with van der Waals surface area (Å²) in [5, 5.41) is 0. The van der Waals surface area contributed by atoms with Crippen LogP contribution in [-0.2, 0) is 9.53 Å². The molecule has 0 aromatic carbocycles. The van der Waals surface area contributed by atoms with Crippen LogP contribution >= 0.6 is 0 Å². The summed E-state index contributed by atoms with van der Waals surface area (Å²) in [6.07, 6.45) is 5.07. The molecule has 3 aliphatic rings. The van der Waals surface area contributed by atoms with Crippen LogP contribution in [0.25, 0.3) is 0 Å². The Labute approximate surface area is 85.0 Å². The zero-order chi connectivity index (χ0) is 9.92. The van der Waals surface area contributed by atoms with E-state index < -0.39 is 0 Å². The van der Waals surface area contributed by atoms with E-state index in [1.54, 1.807) is 0 Å². The summed E-state index contributed by atoms with van der Waals surface area (Å²) in [6.45, 7) is 4.56. The maximum absolute atomic E-state index is 11.4. The standard InChI is InChI=1S/C12H18O2/c1-7(2)8-3-4-12-6-9(12)11(13)14-10(12)5-8/h7-10H,3-6H2,1-2H3/t8-,9-,10-,12-/m0/s1. The van der Waals surface area contributed by atoms with Gasteiger partial charge in [0.05, 0.1) is 5.92 Å². The van der Waals surface area contributed by atoms with Crippen LogP contribution in [0.2, 0.25) is 0 Å². The quantitative estimate of drug-likeness (QED) is 0.599. The molecule has 0 aromatic heterocycles. The van der Waals surface area contributed by atoms with Crippen LogP contribution in [0.3, 0.4) is 0 Å². The van der Waals surface area contributed by atoms with E-state index in [1.165, 1.54) is 12.8 Å². The van der Waals surface area contributed by atoms with Crippen molar-refractivity contribution in [3.8, 4) is 0 Å². The van der Waals surface area contributed by atoms with Gasteiger partial charge in [0, 0.05) is 5.41 Å². The maximum atomic E-state index is 11.4.